The highest BCUT2D eigenvalue weighted by Gasteiger charge is 2.21. The van der Waals surface area contributed by atoms with Crippen LogP contribution in [0.4, 0.5) is 5.82 Å². The molecule has 0 spiro atoms. The van der Waals surface area contributed by atoms with Crippen molar-refractivity contribution in [1.29, 1.82) is 0 Å². The van der Waals surface area contributed by atoms with Crippen molar-refractivity contribution >= 4 is 22.8 Å². The van der Waals surface area contributed by atoms with E-state index in [-0.39, 0.29) is 5.91 Å². The van der Waals surface area contributed by atoms with Crippen molar-refractivity contribution < 1.29 is 4.79 Å². The quantitative estimate of drug-likeness (QED) is 0.506. The lowest BCUT2D eigenvalue weighted by Gasteiger charge is -2.11. The summed E-state index contributed by atoms with van der Waals surface area (Å²) in [5, 5.41) is 13.0. The molecule has 32 heavy (non-hydrogen) atoms. The minimum absolute atomic E-state index is 0.0225. The number of benzene rings is 1. The zero-order valence-corrected chi connectivity index (χ0v) is 18.7. The Morgan fingerprint density at radius 1 is 1.09 bits per heavy atom. The minimum atomic E-state index is 0.0225. The van der Waals surface area contributed by atoms with Crippen LogP contribution in [0.25, 0.3) is 22.5 Å². The average Bonchev–Trinajstić information content (AvgIpc) is 3.48. The molecule has 1 saturated carbocycles. The molecule has 1 aromatic carbocycles. The van der Waals surface area contributed by atoms with Gasteiger partial charge in [0.15, 0.2) is 11.5 Å². The van der Waals surface area contributed by atoms with Crippen molar-refractivity contribution in [2.24, 2.45) is 5.92 Å². The molecule has 0 radical (unpaired) electrons. The first kappa shape index (κ1) is 20.4. The van der Waals surface area contributed by atoms with E-state index in [2.05, 4.69) is 51.5 Å². The van der Waals surface area contributed by atoms with Gasteiger partial charge in [0, 0.05) is 12.5 Å². The van der Waals surface area contributed by atoms with Crippen LogP contribution in [-0.4, -0.2) is 35.4 Å². The predicted octanol–water partition coefficient (Wildman–Crippen LogP) is 4.45. The van der Waals surface area contributed by atoms with Crippen LogP contribution in [0.2, 0.25) is 0 Å². The van der Waals surface area contributed by atoms with E-state index >= 15 is 0 Å². The minimum Gasteiger partial charge on any atom is -0.311 e. The zero-order valence-electron chi connectivity index (χ0n) is 18.7. The van der Waals surface area contributed by atoms with E-state index in [0.29, 0.717) is 29.6 Å². The van der Waals surface area contributed by atoms with Crippen molar-refractivity contribution in [3.8, 4) is 11.5 Å². The summed E-state index contributed by atoms with van der Waals surface area (Å²) < 4.78 is 3.50. The van der Waals surface area contributed by atoms with E-state index < -0.39 is 0 Å². The second kappa shape index (κ2) is 8.18. The van der Waals surface area contributed by atoms with E-state index in [9.17, 15) is 4.79 Å². The molecule has 1 aliphatic rings. The molecule has 0 atom stereocenters. The lowest BCUT2D eigenvalue weighted by Crippen LogP contribution is -2.18. The molecule has 164 valence electrons. The third kappa shape index (κ3) is 3.77. The van der Waals surface area contributed by atoms with Crippen LogP contribution >= 0.6 is 0 Å². The molecule has 3 heterocycles. The molecule has 8 nitrogen and oxygen atoms in total. The van der Waals surface area contributed by atoms with E-state index in [0.717, 1.165) is 35.2 Å². The highest BCUT2D eigenvalue weighted by Crippen LogP contribution is 2.29. The third-order valence-corrected chi connectivity index (χ3v) is 6.17. The highest BCUT2D eigenvalue weighted by molar-refractivity contribution is 5.91. The van der Waals surface area contributed by atoms with E-state index in [1.54, 1.807) is 10.9 Å². The molecule has 0 saturated heterocycles. The van der Waals surface area contributed by atoms with Crippen LogP contribution in [0.3, 0.4) is 0 Å². The Kier molecular flexibility index (Phi) is 5.20. The maximum absolute atomic E-state index is 12.7. The number of anilines is 1. The number of fused-ring (bicyclic) bond motifs is 1. The average molecular weight is 430 g/mol. The van der Waals surface area contributed by atoms with E-state index in [1.165, 1.54) is 24.7 Å². The molecular weight excluding hydrogens is 402 g/mol. The van der Waals surface area contributed by atoms with Crippen molar-refractivity contribution in [1.82, 2.24) is 29.5 Å². The largest absolute Gasteiger partial charge is 0.311 e. The number of nitrogens with zero attached hydrogens (tertiary/aromatic N) is 6. The number of aromatic nitrogens is 6. The van der Waals surface area contributed by atoms with Crippen LogP contribution in [-0.2, 0) is 4.79 Å². The summed E-state index contributed by atoms with van der Waals surface area (Å²) in [6.07, 6.45) is 8.53. The van der Waals surface area contributed by atoms with Gasteiger partial charge in [0.05, 0.1) is 23.0 Å². The first-order valence-corrected chi connectivity index (χ1v) is 11.1. The second-order valence-corrected chi connectivity index (χ2v) is 8.77. The fraction of sp³-hybridized carbons (Fsp3) is 0.375. The van der Waals surface area contributed by atoms with Gasteiger partial charge in [-0.3, -0.25) is 4.79 Å². The van der Waals surface area contributed by atoms with Crippen LogP contribution in [0.1, 0.15) is 48.9 Å². The number of aryl methyl sites for hydroxylation is 3. The number of carbonyl (C=O) groups is 1. The Morgan fingerprint density at radius 2 is 1.91 bits per heavy atom. The van der Waals surface area contributed by atoms with Crippen LogP contribution in [0.5, 0.6) is 0 Å². The van der Waals surface area contributed by atoms with Gasteiger partial charge in [-0.05, 0) is 51.2 Å². The molecule has 1 amide bonds. The second-order valence-electron chi connectivity index (χ2n) is 8.77. The fourth-order valence-corrected chi connectivity index (χ4v) is 4.64. The maximum atomic E-state index is 12.7. The van der Waals surface area contributed by atoms with Gasteiger partial charge in [-0.1, -0.05) is 30.5 Å². The number of amides is 1. The topological polar surface area (TPSA) is 90.5 Å². The highest BCUT2D eigenvalue weighted by atomic mass is 16.1. The molecule has 0 unspecified atom stereocenters. The number of hydrogen-bond acceptors (Lipinski definition) is 5. The molecule has 4 aromatic rings. The molecular formula is C24H27N7O. The Labute approximate surface area is 186 Å². The monoisotopic (exact) mass is 429 g/mol. The molecule has 3 aromatic heterocycles. The van der Waals surface area contributed by atoms with Gasteiger partial charge in [0.25, 0.3) is 0 Å². The number of nitrogens with one attached hydrogen (secondary N) is 1. The summed E-state index contributed by atoms with van der Waals surface area (Å²) in [5.41, 5.74) is 4.78. The molecule has 1 N–H and O–H groups in total. The SMILES string of the molecule is Cc1ccc(-n2ncc3c(-n4nc(C)cc4NC(=O)CC4CCCC4)ncnc32)c(C)c1. The van der Waals surface area contributed by atoms with Crippen LogP contribution in [0, 0.1) is 26.7 Å². The Balaban J connectivity index is 1.52. The zero-order chi connectivity index (χ0) is 22.2. The molecule has 0 aliphatic heterocycles. The van der Waals surface area contributed by atoms with Gasteiger partial charge in [0.1, 0.15) is 12.1 Å². The van der Waals surface area contributed by atoms with Gasteiger partial charge in [-0.25, -0.2) is 14.6 Å². The maximum Gasteiger partial charge on any atom is 0.225 e. The summed E-state index contributed by atoms with van der Waals surface area (Å²) in [5.74, 6) is 1.71. The van der Waals surface area contributed by atoms with Gasteiger partial charge >= 0.3 is 0 Å². The molecule has 5 rings (SSSR count). The summed E-state index contributed by atoms with van der Waals surface area (Å²) in [6.45, 7) is 6.04. The normalized spacial score (nSPS) is 14.3. The number of carbonyl (C=O) groups excluding carboxylic acids is 1. The predicted molar refractivity (Wildman–Crippen MR) is 123 cm³/mol. The first-order valence-electron chi connectivity index (χ1n) is 11.1. The molecule has 1 fully saturated rings. The Morgan fingerprint density at radius 3 is 2.69 bits per heavy atom. The van der Waals surface area contributed by atoms with E-state index in [4.69, 9.17) is 0 Å². The number of hydrogen-bond donors (Lipinski definition) is 1. The van der Waals surface area contributed by atoms with Gasteiger partial charge in [-0.15, -0.1) is 0 Å². The van der Waals surface area contributed by atoms with Crippen LogP contribution in [0.15, 0.2) is 36.8 Å². The molecule has 0 bridgehead atoms. The summed E-state index contributed by atoms with van der Waals surface area (Å²) in [6, 6.07) is 8.10. The van der Waals surface area contributed by atoms with E-state index in [1.807, 2.05) is 23.7 Å². The Hall–Kier alpha value is -3.55. The van der Waals surface area contributed by atoms with Crippen molar-refractivity contribution in [2.75, 3.05) is 5.32 Å². The molecule has 1 aliphatic carbocycles. The smallest absolute Gasteiger partial charge is 0.225 e. The van der Waals surface area contributed by atoms with Gasteiger partial charge in [-0.2, -0.15) is 14.9 Å². The summed E-state index contributed by atoms with van der Waals surface area (Å²) in [4.78, 5) is 21.7. The standard InChI is InChI=1S/C24H27N7O/c1-15-8-9-20(16(2)10-15)30-23-19(13-27-30)24(26-14-25-23)31-21(11-17(3)29-31)28-22(32)12-18-6-4-5-7-18/h8-11,13-14,18H,4-7,12H2,1-3H3,(H,28,32). The summed E-state index contributed by atoms with van der Waals surface area (Å²) in [7, 11) is 0. The Bertz CT molecular complexity index is 1300. The van der Waals surface area contributed by atoms with Crippen LogP contribution < -0.4 is 5.32 Å². The number of rotatable bonds is 5. The van der Waals surface area contributed by atoms with Gasteiger partial charge in [0.2, 0.25) is 5.91 Å². The fourth-order valence-electron chi connectivity index (χ4n) is 4.64. The first-order chi connectivity index (χ1) is 15.5. The van der Waals surface area contributed by atoms with Crippen molar-refractivity contribution in [3.63, 3.8) is 0 Å². The van der Waals surface area contributed by atoms with Gasteiger partial charge < -0.3 is 5.32 Å². The van der Waals surface area contributed by atoms with Crippen molar-refractivity contribution in [2.45, 2.75) is 52.9 Å². The molecule has 8 heteroatoms. The third-order valence-electron chi connectivity index (χ3n) is 6.17. The summed E-state index contributed by atoms with van der Waals surface area (Å²) >= 11 is 0. The van der Waals surface area contributed by atoms with Crippen molar-refractivity contribution in [3.05, 3.63) is 53.6 Å². The lowest BCUT2D eigenvalue weighted by molar-refractivity contribution is -0.117. The lowest BCUT2D eigenvalue weighted by atomic mass is 10.0.